The molecule has 298 valence electrons. The molecule has 9 nitrogen and oxygen atoms in total. The van der Waals surface area contributed by atoms with Crippen LogP contribution in [0.5, 0.6) is 0 Å². The van der Waals surface area contributed by atoms with Gasteiger partial charge in [-0.05, 0) is 51.4 Å². The first-order valence-electron chi connectivity index (χ1n) is 20.1. The molecule has 0 rings (SSSR count). The van der Waals surface area contributed by atoms with Crippen molar-refractivity contribution >= 4 is 13.8 Å². The average Bonchev–Trinajstić information content (AvgIpc) is 3.12. The number of hydrogen-bond acceptors (Lipinski definition) is 8. The lowest BCUT2D eigenvalue weighted by Gasteiger charge is -2.20. The maximum atomic E-state index is 12.6. The van der Waals surface area contributed by atoms with Gasteiger partial charge in [-0.25, -0.2) is 4.57 Å². The van der Waals surface area contributed by atoms with Crippen LogP contribution in [-0.2, 0) is 27.9 Å². The Bertz CT molecular complexity index is 934. The Morgan fingerprint density at radius 3 is 1.69 bits per heavy atom. The Hall–Kier alpha value is -1.58. The van der Waals surface area contributed by atoms with E-state index >= 15 is 0 Å². The predicted molar refractivity (Wildman–Crippen MR) is 210 cm³/mol. The van der Waals surface area contributed by atoms with Crippen LogP contribution in [0, 0.1) is 0 Å². The van der Waals surface area contributed by atoms with Gasteiger partial charge in [0.1, 0.15) is 12.2 Å². The standard InChI is InChI=1S/C41H75O9P/c1-3-5-7-9-11-13-15-17-18-19-20-21-22-24-26-28-30-32-34-47-37-40(38-49-51(45,46)48-36-39(43)35-42)50-41(44)33-31-29-27-25-23-16-14-12-10-8-6-4-2/h5,7,11,13,17-18,20-21,39-40,42-43H,3-4,6,8-10,12,14-16,19,22-38H2,1-2H3,(H,45,46)/b7-5-,13-11-,18-17-,21-20-. The molecule has 0 aliphatic heterocycles. The van der Waals surface area contributed by atoms with Gasteiger partial charge in [0, 0.05) is 13.0 Å². The number of phosphoric acid groups is 1. The third kappa shape index (κ3) is 38.0. The second-order valence-corrected chi connectivity index (χ2v) is 14.7. The molecule has 0 aliphatic rings. The van der Waals surface area contributed by atoms with Crippen molar-refractivity contribution in [3.63, 3.8) is 0 Å². The highest BCUT2D eigenvalue weighted by Gasteiger charge is 2.26. The first-order chi connectivity index (χ1) is 24.8. The van der Waals surface area contributed by atoms with Gasteiger partial charge in [0.05, 0.1) is 26.4 Å². The molecule has 10 heteroatoms. The van der Waals surface area contributed by atoms with E-state index < -0.39 is 39.2 Å². The molecule has 0 aromatic heterocycles. The summed E-state index contributed by atoms with van der Waals surface area (Å²) >= 11 is 0. The number of phosphoric ester groups is 1. The van der Waals surface area contributed by atoms with Gasteiger partial charge in [-0.3, -0.25) is 13.8 Å². The van der Waals surface area contributed by atoms with Gasteiger partial charge >= 0.3 is 13.8 Å². The predicted octanol–water partition coefficient (Wildman–Crippen LogP) is 10.6. The summed E-state index contributed by atoms with van der Waals surface area (Å²) in [5.74, 6) is -0.392. The SMILES string of the molecule is CC/C=C\C/C=C\C/C=C\C/C=C\CCCCCCCOCC(COP(=O)(O)OCC(O)CO)OC(=O)CCCCCCCCCCCCCC. The van der Waals surface area contributed by atoms with Crippen LogP contribution in [0.25, 0.3) is 0 Å². The lowest BCUT2D eigenvalue weighted by Crippen LogP contribution is -2.29. The van der Waals surface area contributed by atoms with E-state index in [-0.39, 0.29) is 19.6 Å². The number of allylic oxidation sites excluding steroid dienone is 8. The summed E-state index contributed by atoms with van der Waals surface area (Å²) in [6, 6.07) is 0. The number of carbonyl (C=O) groups excluding carboxylic acids is 1. The molecule has 0 fully saturated rings. The Balaban J connectivity index is 4.23. The molecule has 0 heterocycles. The number of unbranched alkanes of at least 4 members (excludes halogenated alkanes) is 16. The van der Waals surface area contributed by atoms with Gasteiger partial charge in [-0.15, -0.1) is 0 Å². The van der Waals surface area contributed by atoms with Crippen LogP contribution < -0.4 is 0 Å². The minimum Gasteiger partial charge on any atom is -0.457 e. The second kappa shape index (κ2) is 38.2. The van der Waals surface area contributed by atoms with E-state index in [0.717, 1.165) is 83.5 Å². The zero-order valence-electron chi connectivity index (χ0n) is 32.3. The zero-order valence-corrected chi connectivity index (χ0v) is 33.2. The molecule has 0 radical (unpaired) electrons. The minimum atomic E-state index is -4.52. The molecule has 3 atom stereocenters. The quantitative estimate of drug-likeness (QED) is 0.0245. The molecule has 0 spiro atoms. The number of aliphatic hydroxyl groups excluding tert-OH is 2. The zero-order chi connectivity index (χ0) is 37.5. The van der Waals surface area contributed by atoms with E-state index in [1.807, 2.05) is 0 Å². The van der Waals surface area contributed by atoms with Crippen LogP contribution >= 0.6 is 7.82 Å². The molecule has 3 N–H and O–H groups in total. The van der Waals surface area contributed by atoms with E-state index in [1.165, 1.54) is 57.8 Å². The van der Waals surface area contributed by atoms with Gasteiger partial charge in [-0.2, -0.15) is 0 Å². The highest BCUT2D eigenvalue weighted by atomic mass is 31.2. The molecule has 3 unspecified atom stereocenters. The van der Waals surface area contributed by atoms with E-state index in [4.69, 9.17) is 23.6 Å². The molecule has 0 amide bonds. The fourth-order valence-electron chi connectivity index (χ4n) is 5.23. The van der Waals surface area contributed by atoms with Crippen LogP contribution in [0.4, 0.5) is 0 Å². The summed E-state index contributed by atoms with van der Waals surface area (Å²) in [6.45, 7) is 3.35. The molecule has 0 bridgehead atoms. The number of hydrogen-bond donors (Lipinski definition) is 3. The van der Waals surface area contributed by atoms with Gasteiger partial charge in [0.2, 0.25) is 0 Å². The molecule has 0 aliphatic carbocycles. The second-order valence-electron chi connectivity index (χ2n) is 13.3. The number of carbonyl (C=O) groups is 1. The molecular formula is C41H75O9P. The fourth-order valence-corrected chi connectivity index (χ4v) is 6.02. The van der Waals surface area contributed by atoms with Gasteiger partial charge < -0.3 is 24.6 Å². The highest BCUT2D eigenvalue weighted by Crippen LogP contribution is 2.43. The van der Waals surface area contributed by atoms with Crippen molar-refractivity contribution in [2.24, 2.45) is 0 Å². The summed E-state index contributed by atoms with van der Waals surface area (Å²) in [7, 11) is -4.52. The third-order valence-corrected chi connectivity index (χ3v) is 9.23. The summed E-state index contributed by atoms with van der Waals surface area (Å²) < 4.78 is 33.3. The van der Waals surface area contributed by atoms with E-state index in [0.29, 0.717) is 6.61 Å². The van der Waals surface area contributed by atoms with E-state index in [9.17, 15) is 19.4 Å². The first-order valence-corrected chi connectivity index (χ1v) is 21.6. The molecular weight excluding hydrogens is 667 g/mol. The topological polar surface area (TPSA) is 132 Å². The van der Waals surface area contributed by atoms with Crippen LogP contribution in [-0.4, -0.2) is 66.3 Å². The van der Waals surface area contributed by atoms with E-state index in [1.54, 1.807) is 0 Å². The average molecular weight is 743 g/mol. The van der Waals surface area contributed by atoms with Crippen LogP contribution in [0.3, 0.4) is 0 Å². The van der Waals surface area contributed by atoms with Gasteiger partial charge in [0.25, 0.3) is 0 Å². The number of aliphatic hydroxyl groups is 2. The smallest absolute Gasteiger partial charge is 0.457 e. The number of rotatable bonds is 38. The van der Waals surface area contributed by atoms with E-state index in [2.05, 4.69) is 62.5 Å². The molecule has 51 heavy (non-hydrogen) atoms. The van der Waals surface area contributed by atoms with Crippen molar-refractivity contribution < 1.29 is 43.0 Å². The van der Waals surface area contributed by atoms with Crippen LogP contribution in [0.2, 0.25) is 0 Å². The van der Waals surface area contributed by atoms with Crippen molar-refractivity contribution in [3.05, 3.63) is 48.6 Å². The fraction of sp³-hybridized carbons (Fsp3) is 0.780. The summed E-state index contributed by atoms with van der Waals surface area (Å²) in [6.07, 6.45) is 40.7. The van der Waals surface area contributed by atoms with Crippen molar-refractivity contribution in [3.8, 4) is 0 Å². The molecule has 0 saturated heterocycles. The highest BCUT2D eigenvalue weighted by molar-refractivity contribution is 7.47. The monoisotopic (exact) mass is 743 g/mol. The largest absolute Gasteiger partial charge is 0.472 e. The normalized spacial score (nSPS) is 14.7. The maximum absolute atomic E-state index is 12.6. The summed E-state index contributed by atoms with van der Waals surface area (Å²) in [5.41, 5.74) is 0. The maximum Gasteiger partial charge on any atom is 0.472 e. The Labute approximate surface area is 311 Å². The Morgan fingerprint density at radius 1 is 0.627 bits per heavy atom. The van der Waals surface area contributed by atoms with Crippen molar-refractivity contribution in [1.82, 2.24) is 0 Å². The summed E-state index contributed by atoms with van der Waals surface area (Å²) in [4.78, 5) is 22.5. The Kier molecular flexibility index (Phi) is 37.0. The number of ether oxygens (including phenoxy) is 2. The number of esters is 1. The van der Waals surface area contributed by atoms with Gasteiger partial charge in [-0.1, -0.05) is 152 Å². The van der Waals surface area contributed by atoms with Crippen molar-refractivity contribution in [1.29, 1.82) is 0 Å². The van der Waals surface area contributed by atoms with Crippen LogP contribution in [0.15, 0.2) is 48.6 Å². The third-order valence-electron chi connectivity index (χ3n) is 8.28. The molecule has 0 aromatic carbocycles. The van der Waals surface area contributed by atoms with Crippen LogP contribution in [0.1, 0.15) is 162 Å². The molecule has 0 aromatic rings. The Morgan fingerprint density at radius 2 is 1.12 bits per heavy atom. The van der Waals surface area contributed by atoms with Gasteiger partial charge in [0.15, 0.2) is 0 Å². The minimum absolute atomic E-state index is 0.0370. The molecule has 0 saturated carbocycles. The lowest BCUT2D eigenvalue weighted by atomic mass is 10.0. The van der Waals surface area contributed by atoms with Crippen molar-refractivity contribution in [2.75, 3.05) is 33.0 Å². The summed E-state index contributed by atoms with van der Waals surface area (Å²) in [5, 5.41) is 18.3. The lowest BCUT2D eigenvalue weighted by molar-refractivity contribution is -0.154. The first kappa shape index (κ1) is 49.4. The van der Waals surface area contributed by atoms with Crippen molar-refractivity contribution in [2.45, 2.75) is 174 Å².